The largest absolute Gasteiger partial charge is 0.255 e. The molecule has 2 nitrogen and oxygen atoms in total. The van der Waals surface area contributed by atoms with Crippen molar-refractivity contribution in [2.45, 2.75) is 58.4 Å². The van der Waals surface area contributed by atoms with Crippen LogP contribution in [0.15, 0.2) is 0 Å². The molecule has 0 radical (unpaired) electrons. The lowest BCUT2D eigenvalue weighted by atomic mass is 9.95. The van der Waals surface area contributed by atoms with Gasteiger partial charge in [0.15, 0.2) is 0 Å². The highest BCUT2D eigenvalue weighted by atomic mass is 15.5. The number of hydrogen-bond acceptors (Lipinski definition) is 2. The Kier molecular flexibility index (Phi) is 5.40. The van der Waals surface area contributed by atoms with Gasteiger partial charge in [-0.15, -0.1) is 0 Å². The molecule has 0 atom stereocenters. The third kappa shape index (κ3) is 3.65. The Morgan fingerprint density at radius 1 is 1.15 bits per heavy atom. The van der Waals surface area contributed by atoms with Crippen LogP contribution in [0.1, 0.15) is 52.4 Å². The average Bonchev–Trinajstić information content (AvgIpc) is 2.19. The number of rotatable bonds is 5. The molecule has 78 valence electrons. The van der Waals surface area contributed by atoms with E-state index in [1.54, 1.807) is 0 Å². The highest BCUT2D eigenvalue weighted by Crippen LogP contribution is 2.21. The fourth-order valence-electron chi connectivity index (χ4n) is 2.23. The van der Waals surface area contributed by atoms with Gasteiger partial charge in [0.1, 0.15) is 0 Å². The molecule has 2 heteroatoms. The second-order valence-electron chi connectivity index (χ2n) is 4.00. The van der Waals surface area contributed by atoms with Crippen LogP contribution in [-0.4, -0.2) is 24.1 Å². The average molecular weight is 184 g/mol. The smallest absolute Gasteiger partial charge is 0.0243 e. The third-order valence-electron chi connectivity index (χ3n) is 2.84. The van der Waals surface area contributed by atoms with Gasteiger partial charge in [-0.3, -0.25) is 5.43 Å². The predicted octanol–water partition coefficient (Wildman–Crippen LogP) is 2.56. The summed E-state index contributed by atoms with van der Waals surface area (Å²) < 4.78 is 0. The lowest BCUT2D eigenvalue weighted by molar-refractivity contribution is 0.0980. The van der Waals surface area contributed by atoms with Gasteiger partial charge in [0.25, 0.3) is 0 Å². The van der Waals surface area contributed by atoms with Crippen LogP contribution in [0.3, 0.4) is 0 Å². The molecule has 0 heterocycles. The molecular weight excluding hydrogens is 160 g/mol. The van der Waals surface area contributed by atoms with Crippen LogP contribution in [0.5, 0.6) is 0 Å². The molecule has 0 unspecified atom stereocenters. The van der Waals surface area contributed by atoms with E-state index >= 15 is 0 Å². The van der Waals surface area contributed by atoms with Crippen molar-refractivity contribution in [1.82, 2.24) is 10.4 Å². The third-order valence-corrected chi connectivity index (χ3v) is 2.84. The number of nitrogens with zero attached hydrogens (tertiary/aromatic N) is 1. The zero-order chi connectivity index (χ0) is 9.52. The maximum atomic E-state index is 3.49. The summed E-state index contributed by atoms with van der Waals surface area (Å²) in [5.74, 6) is 0. The standard InChI is InChI=1S/C11H24N2/c1-3-10-13(12-4-2)11-8-6-5-7-9-11/h11-12H,3-10H2,1-2H3. The SMILES string of the molecule is CCCN(NCC)C1CCCCC1. The molecule has 1 aliphatic carbocycles. The van der Waals surface area contributed by atoms with Crippen molar-refractivity contribution in [2.24, 2.45) is 0 Å². The molecule has 1 N–H and O–H groups in total. The van der Waals surface area contributed by atoms with Crippen molar-refractivity contribution in [2.75, 3.05) is 13.1 Å². The quantitative estimate of drug-likeness (QED) is 0.661. The Labute approximate surface area is 82.7 Å². The van der Waals surface area contributed by atoms with Crippen molar-refractivity contribution >= 4 is 0 Å². The molecule has 1 aliphatic rings. The fourth-order valence-corrected chi connectivity index (χ4v) is 2.23. The minimum Gasteiger partial charge on any atom is -0.255 e. The first kappa shape index (κ1) is 11.0. The second-order valence-corrected chi connectivity index (χ2v) is 4.00. The summed E-state index contributed by atoms with van der Waals surface area (Å²) >= 11 is 0. The minimum atomic E-state index is 0.814. The Morgan fingerprint density at radius 2 is 1.85 bits per heavy atom. The van der Waals surface area contributed by atoms with Crippen LogP contribution in [-0.2, 0) is 0 Å². The fraction of sp³-hybridized carbons (Fsp3) is 1.00. The first-order valence-electron chi connectivity index (χ1n) is 5.88. The molecule has 1 saturated carbocycles. The Bertz CT molecular complexity index is 113. The molecular formula is C11H24N2. The van der Waals surface area contributed by atoms with E-state index in [1.807, 2.05) is 0 Å². The molecule has 0 aliphatic heterocycles. The van der Waals surface area contributed by atoms with E-state index in [4.69, 9.17) is 0 Å². The van der Waals surface area contributed by atoms with E-state index < -0.39 is 0 Å². The van der Waals surface area contributed by atoms with Crippen LogP contribution in [0.2, 0.25) is 0 Å². The van der Waals surface area contributed by atoms with E-state index in [9.17, 15) is 0 Å². The van der Waals surface area contributed by atoms with Crippen LogP contribution >= 0.6 is 0 Å². The number of nitrogens with one attached hydrogen (secondary N) is 1. The molecule has 0 saturated heterocycles. The van der Waals surface area contributed by atoms with Crippen molar-refractivity contribution in [3.8, 4) is 0 Å². The van der Waals surface area contributed by atoms with Crippen LogP contribution in [0.4, 0.5) is 0 Å². The predicted molar refractivity (Wildman–Crippen MR) is 57.5 cm³/mol. The maximum Gasteiger partial charge on any atom is 0.0243 e. The van der Waals surface area contributed by atoms with E-state index in [2.05, 4.69) is 24.3 Å². The minimum absolute atomic E-state index is 0.814. The Balaban J connectivity index is 2.32. The zero-order valence-corrected chi connectivity index (χ0v) is 9.18. The lowest BCUT2D eigenvalue weighted by Gasteiger charge is -2.34. The molecule has 0 aromatic rings. The Hall–Kier alpha value is -0.0800. The second kappa shape index (κ2) is 6.39. The monoisotopic (exact) mass is 184 g/mol. The number of hydrazine groups is 1. The molecule has 13 heavy (non-hydrogen) atoms. The van der Waals surface area contributed by atoms with E-state index in [1.165, 1.54) is 45.1 Å². The van der Waals surface area contributed by atoms with Crippen LogP contribution in [0.25, 0.3) is 0 Å². The van der Waals surface area contributed by atoms with Gasteiger partial charge in [-0.1, -0.05) is 33.1 Å². The van der Waals surface area contributed by atoms with Crippen molar-refractivity contribution in [3.05, 3.63) is 0 Å². The lowest BCUT2D eigenvalue weighted by Crippen LogP contribution is -2.46. The van der Waals surface area contributed by atoms with Crippen molar-refractivity contribution in [3.63, 3.8) is 0 Å². The highest BCUT2D eigenvalue weighted by molar-refractivity contribution is 4.73. The molecule has 1 rings (SSSR count). The first-order chi connectivity index (χ1) is 6.38. The maximum absolute atomic E-state index is 3.49. The first-order valence-corrected chi connectivity index (χ1v) is 5.88. The summed E-state index contributed by atoms with van der Waals surface area (Å²) in [6.45, 7) is 6.72. The van der Waals surface area contributed by atoms with Crippen LogP contribution in [0, 0.1) is 0 Å². The summed E-state index contributed by atoms with van der Waals surface area (Å²) in [7, 11) is 0. The van der Waals surface area contributed by atoms with Gasteiger partial charge in [0.2, 0.25) is 0 Å². The molecule has 0 bridgehead atoms. The van der Waals surface area contributed by atoms with E-state index in [0.717, 1.165) is 12.6 Å². The zero-order valence-electron chi connectivity index (χ0n) is 9.18. The van der Waals surface area contributed by atoms with Gasteiger partial charge in [0.05, 0.1) is 0 Å². The highest BCUT2D eigenvalue weighted by Gasteiger charge is 2.19. The molecule has 0 aromatic carbocycles. The molecule has 0 amide bonds. The van der Waals surface area contributed by atoms with Gasteiger partial charge in [-0.05, 0) is 19.3 Å². The van der Waals surface area contributed by atoms with Crippen molar-refractivity contribution < 1.29 is 0 Å². The summed E-state index contributed by atoms with van der Waals surface area (Å²) in [6.07, 6.45) is 8.35. The van der Waals surface area contributed by atoms with Gasteiger partial charge in [-0.2, -0.15) is 0 Å². The van der Waals surface area contributed by atoms with Crippen molar-refractivity contribution in [1.29, 1.82) is 0 Å². The summed E-state index contributed by atoms with van der Waals surface area (Å²) in [5, 5.41) is 2.47. The van der Waals surface area contributed by atoms with E-state index in [-0.39, 0.29) is 0 Å². The van der Waals surface area contributed by atoms with Gasteiger partial charge >= 0.3 is 0 Å². The van der Waals surface area contributed by atoms with Gasteiger partial charge in [-0.25, -0.2) is 5.01 Å². The summed E-state index contributed by atoms with van der Waals surface area (Å²) in [5.41, 5.74) is 3.49. The summed E-state index contributed by atoms with van der Waals surface area (Å²) in [6, 6.07) is 0.814. The van der Waals surface area contributed by atoms with Gasteiger partial charge < -0.3 is 0 Å². The van der Waals surface area contributed by atoms with Gasteiger partial charge in [0, 0.05) is 19.1 Å². The topological polar surface area (TPSA) is 15.3 Å². The van der Waals surface area contributed by atoms with E-state index in [0.29, 0.717) is 0 Å². The molecule has 0 aromatic heterocycles. The molecule has 1 fully saturated rings. The number of hydrogen-bond donors (Lipinski definition) is 1. The Morgan fingerprint density at radius 3 is 2.38 bits per heavy atom. The summed E-state index contributed by atoms with van der Waals surface area (Å²) in [4.78, 5) is 0. The normalized spacial score (nSPS) is 19.6. The molecule has 0 spiro atoms. The van der Waals surface area contributed by atoms with Crippen LogP contribution < -0.4 is 5.43 Å².